The zero-order valence-electron chi connectivity index (χ0n) is 11.0. The van der Waals surface area contributed by atoms with E-state index < -0.39 is 0 Å². The third kappa shape index (κ3) is 5.51. The van der Waals surface area contributed by atoms with Crippen molar-refractivity contribution in [2.75, 3.05) is 6.54 Å². The first-order valence-corrected chi connectivity index (χ1v) is 6.83. The van der Waals surface area contributed by atoms with Crippen LogP contribution in [0.25, 0.3) is 0 Å². The van der Waals surface area contributed by atoms with Gasteiger partial charge in [-0.25, -0.2) is 0 Å². The molecule has 1 N–H and O–H groups in total. The molecule has 1 atom stereocenters. The second-order valence-electron chi connectivity index (χ2n) is 4.89. The smallest absolute Gasteiger partial charge is 0.0621 e. The van der Waals surface area contributed by atoms with Crippen molar-refractivity contribution in [2.24, 2.45) is 5.92 Å². The van der Waals surface area contributed by atoms with Crippen molar-refractivity contribution in [3.8, 4) is 0 Å². The van der Waals surface area contributed by atoms with E-state index in [1.54, 1.807) is 6.20 Å². The highest BCUT2D eigenvalue weighted by Crippen LogP contribution is 2.20. The summed E-state index contributed by atoms with van der Waals surface area (Å²) in [6, 6.07) is 2.57. The molecule has 1 heterocycles. The molecular weight excluding hydrogens is 232 g/mol. The van der Waals surface area contributed by atoms with Gasteiger partial charge in [-0.15, -0.1) is 0 Å². The molecule has 0 aliphatic rings. The van der Waals surface area contributed by atoms with Crippen molar-refractivity contribution in [1.29, 1.82) is 0 Å². The zero-order chi connectivity index (χ0) is 12.7. The van der Waals surface area contributed by atoms with Crippen molar-refractivity contribution in [3.05, 3.63) is 29.0 Å². The van der Waals surface area contributed by atoms with Crippen LogP contribution in [0.5, 0.6) is 0 Å². The second kappa shape index (κ2) is 7.67. The van der Waals surface area contributed by atoms with Gasteiger partial charge >= 0.3 is 0 Å². The molecular formula is C14H23ClN2. The largest absolute Gasteiger partial charge is 0.314 e. The van der Waals surface area contributed by atoms with Crippen molar-refractivity contribution in [1.82, 2.24) is 10.3 Å². The Morgan fingerprint density at radius 1 is 1.41 bits per heavy atom. The first kappa shape index (κ1) is 14.5. The van der Waals surface area contributed by atoms with Gasteiger partial charge < -0.3 is 5.32 Å². The molecule has 0 bridgehead atoms. The molecule has 0 spiro atoms. The second-order valence-corrected chi connectivity index (χ2v) is 5.30. The normalized spacial score (nSPS) is 13.0. The van der Waals surface area contributed by atoms with Crippen molar-refractivity contribution < 1.29 is 0 Å². The summed E-state index contributed by atoms with van der Waals surface area (Å²) in [5, 5.41) is 4.30. The molecule has 0 aromatic carbocycles. The summed E-state index contributed by atoms with van der Waals surface area (Å²) in [6.07, 6.45) is 7.04. The first-order chi connectivity index (χ1) is 8.13. The van der Waals surface area contributed by atoms with Crippen LogP contribution in [0.4, 0.5) is 0 Å². The lowest BCUT2D eigenvalue weighted by molar-refractivity contribution is 0.418. The molecule has 0 aliphatic carbocycles. The van der Waals surface area contributed by atoms with Gasteiger partial charge in [-0.3, -0.25) is 4.98 Å². The Morgan fingerprint density at radius 3 is 2.76 bits per heavy atom. The van der Waals surface area contributed by atoms with Gasteiger partial charge in [0.05, 0.1) is 5.02 Å². The number of hydrogen-bond acceptors (Lipinski definition) is 2. The SMILES string of the molecule is CCCC(CNC(C)C)Cc1ccncc1Cl. The number of rotatable bonds is 7. The molecule has 1 unspecified atom stereocenters. The molecule has 3 heteroatoms. The molecule has 0 aliphatic heterocycles. The Morgan fingerprint density at radius 2 is 2.18 bits per heavy atom. The molecule has 0 amide bonds. The fourth-order valence-corrected chi connectivity index (χ4v) is 2.16. The number of hydrogen-bond donors (Lipinski definition) is 1. The van der Waals surface area contributed by atoms with E-state index in [2.05, 4.69) is 31.1 Å². The van der Waals surface area contributed by atoms with E-state index >= 15 is 0 Å². The predicted molar refractivity (Wildman–Crippen MR) is 74.5 cm³/mol. The third-order valence-electron chi connectivity index (χ3n) is 2.88. The Bertz CT molecular complexity index is 326. The minimum atomic E-state index is 0.544. The number of nitrogens with one attached hydrogen (secondary N) is 1. The first-order valence-electron chi connectivity index (χ1n) is 6.45. The Kier molecular flexibility index (Phi) is 6.53. The molecule has 1 aromatic heterocycles. The summed E-state index contributed by atoms with van der Waals surface area (Å²) >= 11 is 6.15. The van der Waals surface area contributed by atoms with Gasteiger partial charge in [-0.2, -0.15) is 0 Å². The van der Waals surface area contributed by atoms with Crippen LogP contribution in [-0.4, -0.2) is 17.6 Å². The van der Waals surface area contributed by atoms with E-state index in [9.17, 15) is 0 Å². The molecule has 1 rings (SSSR count). The average Bonchev–Trinajstić information content (AvgIpc) is 2.29. The molecule has 0 saturated heterocycles. The average molecular weight is 255 g/mol. The highest BCUT2D eigenvalue weighted by atomic mass is 35.5. The molecule has 0 saturated carbocycles. The summed E-state index contributed by atoms with van der Waals surface area (Å²) in [5.74, 6) is 0.655. The van der Waals surface area contributed by atoms with Crippen LogP contribution in [0.3, 0.4) is 0 Å². The maximum Gasteiger partial charge on any atom is 0.0621 e. The van der Waals surface area contributed by atoms with E-state index in [4.69, 9.17) is 11.6 Å². The molecule has 0 fully saturated rings. The van der Waals surface area contributed by atoms with Crippen LogP contribution in [0, 0.1) is 5.92 Å². The Hall–Kier alpha value is -0.600. The maximum atomic E-state index is 6.15. The van der Waals surface area contributed by atoms with Gasteiger partial charge in [0.15, 0.2) is 0 Å². The molecule has 96 valence electrons. The van der Waals surface area contributed by atoms with Gasteiger partial charge in [-0.05, 0) is 36.9 Å². The van der Waals surface area contributed by atoms with E-state index in [1.807, 2.05) is 12.3 Å². The van der Waals surface area contributed by atoms with Crippen LogP contribution in [0.1, 0.15) is 39.2 Å². The van der Waals surface area contributed by atoms with E-state index in [0.717, 1.165) is 18.0 Å². The summed E-state index contributed by atoms with van der Waals surface area (Å²) in [4.78, 5) is 4.02. The number of pyridine rings is 1. The van der Waals surface area contributed by atoms with Gasteiger partial charge in [0.1, 0.15) is 0 Å². The van der Waals surface area contributed by atoms with E-state index in [-0.39, 0.29) is 0 Å². The van der Waals surface area contributed by atoms with Crippen molar-refractivity contribution in [2.45, 2.75) is 46.1 Å². The molecule has 17 heavy (non-hydrogen) atoms. The Balaban J connectivity index is 2.56. The minimum Gasteiger partial charge on any atom is -0.314 e. The number of aromatic nitrogens is 1. The zero-order valence-corrected chi connectivity index (χ0v) is 11.8. The van der Waals surface area contributed by atoms with Crippen molar-refractivity contribution >= 4 is 11.6 Å². The standard InChI is InChI=1S/C14H23ClN2/c1-4-5-12(9-17-11(2)3)8-13-6-7-16-10-14(13)15/h6-7,10-12,17H,4-5,8-9H2,1-3H3. The lowest BCUT2D eigenvalue weighted by atomic mass is 9.95. The fraction of sp³-hybridized carbons (Fsp3) is 0.643. The molecule has 2 nitrogen and oxygen atoms in total. The van der Waals surface area contributed by atoms with Crippen molar-refractivity contribution in [3.63, 3.8) is 0 Å². The van der Waals surface area contributed by atoms with Gasteiger partial charge in [0, 0.05) is 18.4 Å². The highest BCUT2D eigenvalue weighted by Gasteiger charge is 2.11. The maximum absolute atomic E-state index is 6.15. The Labute approximate surface area is 110 Å². The topological polar surface area (TPSA) is 24.9 Å². The summed E-state index contributed by atoms with van der Waals surface area (Å²) in [7, 11) is 0. The van der Waals surface area contributed by atoms with Gasteiger partial charge in [0.25, 0.3) is 0 Å². The lowest BCUT2D eigenvalue weighted by Gasteiger charge is -2.19. The minimum absolute atomic E-state index is 0.544. The predicted octanol–water partition coefficient (Wildman–Crippen LogP) is 3.69. The number of nitrogens with zero attached hydrogens (tertiary/aromatic N) is 1. The fourth-order valence-electron chi connectivity index (χ4n) is 1.97. The highest BCUT2D eigenvalue weighted by molar-refractivity contribution is 6.31. The van der Waals surface area contributed by atoms with Crippen LogP contribution in [-0.2, 0) is 6.42 Å². The van der Waals surface area contributed by atoms with Crippen LogP contribution >= 0.6 is 11.6 Å². The monoisotopic (exact) mass is 254 g/mol. The third-order valence-corrected chi connectivity index (χ3v) is 3.22. The van der Waals surface area contributed by atoms with E-state index in [0.29, 0.717) is 12.0 Å². The molecule has 0 radical (unpaired) electrons. The lowest BCUT2D eigenvalue weighted by Crippen LogP contribution is -2.30. The van der Waals surface area contributed by atoms with Crippen LogP contribution in [0.15, 0.2) is 18.5 Å². The van der Waals surface area contributed by atoms with Gasteiger partial charge in [-0.1, -0.05) is 38.8 Å². The van der Waals surface area contributed by atoms with Gasteiger partial charge in [0.2, 0.25) is 0 Å². The number of halogens is 1. The van der Waals surface area contributed by atoms with Crippen LogP contribution < -0.4 is 5.32 Å². The quantitative estimate of drug-likeness (QED) is 0.803. The summed E-state index contributed by atoms with van der Waals surface area (Å²) in [6.45, 7) is 7.66. The van der Waals surface area contributed by atoms with E-state index in [1.165, 1.54) is 18.4 Å². The van der Waals surface area contributed by atoms with Crippen LogP contribution in [0.2, 0.25) is 5.02 Å². The summed E-state index contributed by atoms with van der Waals surface area (Å²) in [5.41, 5.74) is 1.21. The summed E-state index contributed by atoms with van der Waals surface area (Å²) < 4.78 is 0. The molecule has 1 aromatic rings.